The molecule has 0 bridgehead atoms. The minimum atomic E-state index is -0.295. The Morgan fingerprint density at radius 3 is 2.41 bits per heavy atom. The van der Waals surface area contributed by atoms with Crippen LogP contribution in [0.3, 0.4) is 0 Å². The van der Waals surface area contributed by atoms with Gasteiger partial charge in [0.25, 0.3) is 0 Å². The number of piperazine rings is 1. The van der Waals surface area contributed by atoms with Crippen molar-refractivity contribution in [2.24, 2.45) is 0 Å². The van der Waals surface area contributed by atoms with Gasteiger partial charge in [0.1, 0.15) is 11.6 Å². The van der Waals surface area contributed by atoms with E-state index in [1.54, 1.807) is 12.1 Å². The van der Waals surface area contributed by atoms with E-state index >= 15 is 0 Å². The number of hydrogen-bond acceptors (Lipinski definition) is 4. The highest BCUT2D eigenvalue weighted by Crippen LogP contribution is 2.36. The molecule has 2 atom stereocenters. The minimum Gasteiger partial charge on any atom is -0.497 e. The lowest BCUT2D eigenvalue weighted by Crippen LogP contribution is -2.49. The molecule has 0 spiro atoms. The number of methoxy groups -OCH3 is 1. The number of nitriles is 1. The highest BCUT2D eigenvalue weighted by atomic mass is 35.5. The Morgan fingerprint density at radius 2 is 1.78 bits per heavy atom. The maximum atomic E-state index is 15.0. The van der Waals surface area contributed by atoms with E-state index in [4.69, 9.17) is 21.6 Å². The normalized spacial score (nSPS) is 17.6. The van der Waals surface area contributed by atoms with Gasteiger partial charge in [-0.2, -0.15) is 5.26 Å². The van der Waals surface area contributed by atoms with E-state index in [1.807, 2.05) is 48.5 Å². The predicted molar refractivity (Wildman–Crippen MR) is 126 cm³/mol. The Morgan fingerprint density at radius 1 is 1.06 bits per heavy atom. The summed E-state index contributed by atoms with van der Waals surface area (Å²) >= 11 is 6.13. The molecule has 3 aromatic carbocycles. The lowest BCUT2D eigenvalue weighted by Gasteiger charge is -2.45. The summed E-state index contributed by atoms with van der Waals surface area (Å²) in [5.41, 5.74) is 3.46. The number of ether oxygens (including phenoxy) is 1. The molecule has 0 N–H and O–H groups in total. The first-order valence-electron chi connectivity index (χ1n) is 10.6. The molecule has 1 aliphatic rings. The van der Waals surface area contributed by atoms with Crippen molar-refractivity contribution >= 4 is 17.3 Å². The number of anilines is 1. The van der Waals surface area contributed by atoms with Gasteiger partial charge < -0.3 is 9.64 Å². The summed E-state index contributed by atoms with van der Waals surface area (Å²) in [6.07, 6.45) is 0. The number of rotatable bonds is 5. The summed E-state index contributed by atoms with van der Waals surface area (Å²) in [7, 11) is 1.54. The molecule has 0 amide bonds. The summed E-state index contributed by atoms with van der Waals surface area (Å²) in [6.45, 7) is 4.37. The monoisotopic (exact) mass is 449 g/mol. The van der Waals surface area contributed by atoms with Gasteiger partial charge in [-0.3, -0.25) is 4.90 Å². The number of hydrogen-bond donors (Lipinski definition) is 0. The molecule has 6 heteroatoms. The third-order valence-electron chi connectivity index (χ3n) is 6.20. The van der Waals surface area contributed by atoms with Crippen molar-refractivity contribution in [3.63, 3.8) is 0 Å². The zero-order chi connectivity index (χ0) is 22.7. The third kappa shape index (κ3) is 4.57. The molecule has 3 aromatic rings. The standard InChI is InChI=1S/C26H25ClFN3O/c1-18(20-5-3-19(16-29)4-6-20)30-13-14-31(25-12-11-23(32-2)15-24(25)28)26(17-30)21-7-9-22(27)10-8-21/h3-12,15,18,26H,13-14,17H2,1-2H3/t18-,26+/m1/s1. The molecule has 4 rings (SSSR count). The van der Waals surface area contributed by atoms with Gasteiger partial charge >= 0.3 is 0 Å². The third-order valence-corrected chi connectivity index (χ3v) is 6.45. The van der Waals surface area contributed by atoms with E-state index in [2.05, 4.69) is 22.8 Å². The van der Waals surface area contributed by atoms with Gasteiger partial charge in [0, 0.05) is 36.8 Å². The Labute approximate surface area is 193 Å². The highest BCUT2D eigenvalue weighted by Gasteiger charge is 2.32. The number of benzene rings is 3. The van der Waals surface area contributed by atoms with Gasteiger partial charge in [0.2, 0.25) is 0 Å². The van der Waals surface area contributed by atoms with Gasteiger partial charge in [-0.05, 0) is 54.4 Å². The number of nitrogens with zero attached hydrogens (tertiary/aromatic N) is 3. The maximum Gasteiger partial charge on any atom is 0.150 e. The molecule has 1 saturated heterocycles. The molecular weight excluding hydrogens is 425 g/mol. The zero-order valence-electron chi connectivity index (χ0n) is 18.1. The largest absolute Gasteiger partial charge is 0.497 e. The second kappa shape index (κ2) is 9.60. The van der Waals surface area contributed by atoms with E-state index in [-0.39, 0.29) is 17.9 Å². The summed E-state index contributed by atoms with van der Waals surface area (Å²) in [6, 6.07) is 22.8. The molecule has 0 radical (unpaired) electrons. The van der Waals surface area contributed by atoms with Crippen molar-refractivity contribution in [3.05, 3.63) is 94.3 Å². The summed E-state index contributed by atoms with van der Waals surface area (Å²) in [4.78, 5) is 4.53. The Bertz CT molecular complexity index is 1110. The first-order valence-corrected chi connectivity index (χ1v) is 11.0. The molecule has 4 nitrogen and oxygen atoms in total. The second-order valence-electron chi connectivity index (χ2n) is 7.98. The van der Waals surface area contributed by atoms with E-state index in [0.717, 1.165) is 24.2 Å². The van der Waals surface area contributed by atoms with E-state index in [9.17, 15) is 4.39 Å². The Balaban J connectivity index is 1.64. The van der Waals surface area contributed by atoms with Crippen molar-refractivity contribution in [1.82, 2.24) is 4.90 Å². The fraction of sp³-hybridized carbons (Fsp3) is 0.269. The van der Waals surface area contributed by atoms with Crippen molar-refractivity contribution in [3.8, 4) is 11.8 Å². The van der Waals surface area contributed by atoms with Crippen LogP contribution in [0, 0.1) is 17.1 Å². The van der Waals surface area contributed by atoms with Crippen LogP contribution in [0.5, 0.6) is 5.75 Å². The zero-order valence-corrected chi connectivity index (χ0v) is 18.9. The molecule has 0 saturated carbocycles. The average Bonchev–Trinajstić information content (AvgIpc) is 2.84. The van der Waals surface area contributed by atoms with Gasteiger partial charge in [0.15, 0.2) is 0 Å². The molecular formula is C26H25ClFN3O. The van der Waals surface area contributed by atoms with Crippen LogP contribution in [-0.4, -0.2) is 31.6 Å². The second-order valence-corrected chi connectivity index (χ2v) is 8.42. The summed E-state index contributed by atoms with van der Waals surface area (Å²) in [5, 5.41) is 9.75. The summed E-state index contributed by atoms with van der Waals surface area (Å²) < 4.78 is 20.2. The average molecular weight is 450 g/mol. The van der Waals surface area contributed by atoms with Crippen molar-refractivity contribution in [2.75, 3.05) is 31.6 Å². The lowest BCUT2D eigenvalue weighted by molar-refractivity contribution is 0.170. The molecule has 1 fully saturated rings. The Kier molecular flexibility index (Phi) is 6.64. The molecule has 1 aliphatic heterocycles. The molecule has 1 heterocycles. The maximum absolute atomic E-state index is 15.0. The molecule has 0 aliphatic carbocycles. The van der Waals surface area contributed by atoms with Crippen LogP contribution in [0.15, 0.2) is 66.7 Å². The van der Waals surface area contributed by atoms with Gasteiger partial charge in [-0.15, -0.1) is 0 Å². The Hall–Kier alpha value is -3.07. The van der Waals surface area contributed by atoms with Crippen molar-refractivity contribution in [1.29, 1.82) is 5.26 Å². The van der Waals surface area contributed by atoms with Crippen LogP contribution >= 0.6 is 11.6 Å². The number of halogens is 2. The van der Waals surface area contributed by atoms with Crippen LogP contribution in [0.25, 0.3) is 0 Å². The van der Waals surface area contributed by atoms with Gasteiger partial charge in [-0.1, -0.05) is 35.9 Å². The SMILES string of the molecule is COc1ccc(N2CCN([C@H](C)c3ccc(C#N)cc3)C[C@H]2c2ccc(Cl)cc2)c(F)c1. The van der Waals surface area contributed by atoms with E-state index < -0.39 is 0 Å². The minimum absolute atomic E-state index is 0.0373. The first-order chi connectivity index (χ1) is 15.5. The molecule has 0 unspecified atom stereocenters. The fourth-order valence-corrected chi connectivity index (χ4v) is 4.43. The van der Waals surface area contributed by atoms with Crippen molar-refractivity contribution in [2.45, 2.75) is 19.0 Å². The van der Waals surface area contributed by atoms with Gasteiger partial charge in [0.05, 0.1) is 30.5 Å². The molecule has 164 valence electrons. The van der Waals surface area contributed by atoms with Gasteiger partial charge in [-0.25, -0.2) is 4.39 Å². The van der Waals surface area contributed by atoms with E-state index in [1.165, 1.54) is 13.2 Å². The lowest BCUT2D eigenvalue weighted by atomic mass is 9.98. The first kappa shape index (κ1) is 22.1. The van der Waals surface area contributed by atoms with Crippen molar-refractivity contribution < 1.29 is 9.13 Å². The fourth-order valence-electron chi connectivity index (χ4n) is 4.31. The van der Waals surface area contributed by atoms with Crippen LogP contribution in [0.1, 0.15) is 35.7 Å². The van der Waals surface area contributed by atoms with Crippen LogP contribution in [0.4, 0.5) is 10.1 Å². The highest BCUT2D eigenvalue weighted by molar-refractivity contribution is 6.30. The molecule has 0 aromatic heterocycles. The van der Waals surface area contributed by atoms with Crippen LogP contribution in [0.2, 0.25) is 5.02 Å². The van der Waals surface area contributed by atoms with E-state index in [0.29, 0.717) is 28.6 Å². The smallest absolute Gasteiger partial charge is 0.150 e. The predicted octanol–water partition coefficient (Wildman–Crippen LogP) is 5.98. The summed E-state index contributed by atoms with van der Waals surface area (Å²) in [5.74, 6) is 0.208. The quantitative estimate of drug-likeness (QED) is 0.480. The molecule has 32 heavy (non-hydrogen) atoms. The van der Waals surface area contributed by atoms with Crippen LogP contribution < -0.4 is 9.64 Å². The topological polar surface area (TPSA) is 39.5 Å². The van der Waals surface area contributed by atoms with Crippen LogP contribution in [-0.2, 0) is 0 Å².